The van der Waals surface area contributed by atoms with Crippen molar-refractivity contribution in [3.8, 4) is 0 Å². The molecule has 4 aliphatic heterocycles. The Morgan fingerprint density at radius 3 is 0.919 bits per heavy atom. The highest BCUT2D eigenvalue weighted by atomic mass is 79.9. The third-order valence-corrected chi connectivity index (χ3v) is 16.3. The average molecular weight is 980 g/mol. The summed E-state index contributed by atoms with van der Waals surface area (Å²) in [4.78, 5) is 0. The molecule has 0 bridgehead atoms. The van der Waals surface area contributed by atoms with Crippen LogP contribution in [0.25, 0.3) is 11.1 Å². The molecule has 0 aromatic heterocycles. The summed E-state index contributed by atoms with van der Waals surface area (Å²) in [5, 5.41) is 1.00. The lowest BCUT2D eigenvalue weighted by Gasteiger charge is -2.32. The van der Waals surface area contributed by atoms with Crippen molar-refractivity contribution in [1.29, 1.82) is 0 Å². The second-order valence-corrected chi connectivity index (χ2v) is 24.6. The van der Waals surface area contributed by atoms with Gasteiger partial charge in [0, 0.05) is 0 Å². The van der Waals surface area contributed by atoms with E-state index in [1.54, 1.807) is 0 Å². The molecule has 2 aromatic carbocycles. The Balaban J connectivity index is 0.000000170. The lowest BCUT2D eigenvalue weighted by Crippen LogP contribution is -2.41. The minimum Gasteiger partial charge on any atom is -0.405 e. The van der Waals surface area contributed by atoms with Gasteiger partial charge >= 0.3 is 28.3 Å². The van der Waals surface area contributed by atoms with Crippen molar-refractivity contribution in [2.75, 3.05) is 0 Å². The Hall–Kier alpha value is -1.18. The molecule has 4 heterocycles. The van der Waals surface area contributed by atoms with Gasteiger partial charge in [0.2, 0.25) is 0 Å². The van der Waals surface area contributed by atoms with Crippen LogP contribution in [-0.2, 0) is 37.2 Å². The summed E-state index contributed by atoms with van der Waals surface area (Å²) in [7, 11) is -1.95. The topological polar surface area (TPSA) is 73.8 Å². The Bertz CT molecular complexity index is 1800. The highest BCUT2D eigenvalue weighted by Crippen LogP contribution is 2.49. The first-order valence-corrected chi connectivity index (χ1v) is 24.4. The van der Waals surface area contributed by atoms with E-state index in [0.29, 0.717) is 5.92 Å². The van der Waals surface area contributed by atoms with E-state index in [2.05, 4.69) is 148 Å². The zero-order chi connectivity index (χ0) is 45.9. The first-order chi connectivity index (χ1) is 28.5. The number of rotatable bonds is 7. The van der Waals surface area contributed by atoms with Crippen LogP contribution < -0.4 is 0 Å². The van der Waals surface area contributed by atoms with Crippen LogP contribution in [0.2, 0.25) is 0 Å². The zero-order valence-corrected chi connectivity index (χ0v) is 43.7. The van der Waals surface area contributed by atoms with Crippen molar-refractivity contribution in [3.05, 3.63) is 80.6 Å². The summed E-state index contributed by atoms with van der Waals surface area (Å²) in [6.07, 6.45) is 7.62. The summed E-state index contributed by atoms with van der Waals surface area (Å²) < 4.78 is 51.2. The summed E-state index contributed by atoms with van der Waals surface area (Å²) in [6, 6.07) is 21.2. The van der Waals surface area contributed by atoms with Crippen molar-refractivity contribution in [1.82, 2.24) is 0 Å². The fraction of sp³-hybridized carbons (Fsp3) is 0.667. The van der Waals surface area contributed by atoms with Crippen LogP contribution in [0.1, 0.15) is 160 Å². The van der Waals surface area contributed by atoms with Crippen molar-refractivity contribution < 1.29 is 37.2 Å². The van der Waals surface area contributed by atoms with Crippen LogP contribution in [0.3, 0.4) is 0 Å². The molecule has 2 saturated carbocycles. The molecule has 0 spiro atoms. The van der Waals surface area contributed by atoms with Crippen molar-refractivity contribution in [2.45, 2.75) is 194 Å². The van der Waals surface area contributed by atoms with Gasteiger partial charge in [0.1, 0.15) is 0 Å². The van der Waals surface area contributed by atoms with Gasteiger partial charge in [0.05, 0.1) is 48.2 Å². The standard InChI is InChI=1S/C24H36B2O4.C12H24B2O4.C12H12Br2/c1-21(2)22(3,4)28-25(27-21)20(26-29-23(5,6)24(7,8)30-26)19(18-15-12-16-18)17-13-10-9-11-14-17;1-9(2)10(3,4)16-13(15-9)14-17-11(5,6)12(7,8)18-14;13-12(14)11(10-7-4-8-10)9-5-2-1-3-6-9/h9-11,13-14,18H,12,15-16H2,1-8H3;1-8H3;1-3,5-6,10H,4,7-8H2. The monoisotopic (exact) mass is 978 g/mol. The van der Waals surface area contributed by atoms with Crippen LogP contribution in [-0.4, -0.2) is 73.1 Å². The second-order valence-electron chi connectivity index (χ2n) is 22.0. The van der Waals surface area contributed by atoms with Gasteiger partial charge in [-0.25, -0.2) is 0 Å². The number of benzene rings is 2. The smallest absolute Gasteiger partial charge is 0.405 e. The molecule has 2 aromatic rings. The SMILES string of the molecule is BrC(Br)=C(c1ccccc1)C1CCC1.CC1(C)OB(B2OC(C)(C)C(C)(C)O2)OC1(C)C.CC1(C)OB(C(B2OC(C)(C)C(C)(C)O2)=C(c2ccccc2)C2CCC2)OC1(C)C. The minimum absolute atomic E-state index is 0.360. The van der Waals surface area contributed by atoms with E-state index in [4.69, 9.17) is 37.2 Å². The summed E-state index contributed by atoms with van der Waals surface area (Å²) in [5.41, 5.74) is 2.12. The number of hydrogen-bond donors (Lipinski definition) is 0. The van der Waals surface area contributed by atoms with Gasteiger partial charge in [0.25, 0.3) is 0 Å². The van der Waals surface area contributed by atoms with E-state index in [0.717, 1.165) is 14.7 Å². The van der Waals surface area contributed by atoms with Crippen LogP contribution in [0.5, 0.6) is 0 Å². The average Bonchev–Trinajstić information content (AvgIpc) is 3.66. The van der Waals surface area contributed by atoms with E-state index in [1.165, 1.54) is 60.8 Å². The molecule has 6 fully saturated rings. The third-order valence-electron chi connectivity index (χ3n) is 15.5. The van der Waals surface area contributed by atoms with E-state index in [1.807, 2.05) is 55.4 Å². The molecule has 0 radical (unpaired) electrons. The van der Waals surface area contributed by atoms with Crippen LogP contribution in [0.15, 0.2) is 69.4 Å². The molecule has 2 aliphatic carbocycles. The highest BCUT2D eigenvalue weighted by Gasteiger charge is 2.64. The van der Waals surface area contributed by atoms with Crippen molar-refractivity contribution in [2.24, 2.45) is 11.8 Å². The maximum Gasteiger partial charge on any atom is 0.488 e. The van der Waals surface area contributed by atoms with E-state index in [-0.39, 0.29) is 22.4 Å². The molecule has 6 aliphatic rings. The highest BCUT2D eigenvalue weighted by molar-refractivity contribution is 9.28. The predicted molar refractivity (Wildman–Crippen MR) is 264 cm³/mol. The molecule has 4 saturated heterocycles. The molecule has 338 valence electrons. The van der Waals surface area contributed by atoms with Crippen LogP contribution in [0, 0.1) is 11.8 Å². The van der Waals surface area contributed by atoms with E-state index in [9.17, 15) is 0 Å². The molecular formula is C48H72B4Br2O8. The fourth-order valence-electron chi connectivity index (χ4n) is 8.07. The van der Waals surface area contributed by atoms with Gasteiger partial charge < -0.3 is 37.2 Å². The molecule has 8 nitrogen and oxygen atoms in total. The first-order valence-electron chi connectivity index (χ1n) is 22.8. The normalized spacial score (nSPS) is 25.8. The van der Waals surface area contributed by atoms with Crippen molar-refractivity contribution in [3.63, 3.8) is 0 Å². The number of allylic oxidation sites excluding steroid dienone is 2. The first kappa shape index (κ1) is 50.2. The van der Waals surface area contributed by atoms with Gasteiger partial charge in [-0.2, -0.15) is 0 Å². The predicted octanol–water partition coefficient (Wildman–Crippen LogP) is 12.7. The van der Waals surface area contributed by atoms with Crippen LogP contribution in [0.4, 0.5) is 0 Å². The molecule has 0 N–H and O–H groups in total. The quantitative estimate of drug-likeness (QED) is 0.254. The largest absolute Gasteiger partial charge is 0.488 e. The second kappa shape index (κ2) is 18.1. The van der Waals surface area contributed by atoms with Crippen LogP contribution >= 0.6 is 31.9 Å². The van der Waals surface area contributed by atoms with E-state index < -0.39 is 50.7 Å². The molecular weight excluding hydrogens is 908 g/mol. The summed E-state index contributed by atoms with van der Waals surface area (Å²) in [5.74, 6) is 1.21. The van der Waals surface area contributed by atoms with Gasteiger partial charge in [-0.15, -0.1) is 0 Å². The maximum absolute atomic E-state index is 6.56. The minimum atomic E-state index is -0.500. The Kier molecular flexibility index (Phi) is 14.7. The summed E-state index contributed by atoms with van der Waals surface area (Å²) >= 11 is 7.10. The van der Waals surface area contributed by atoms with Gasteiger partial charge in [-0.3, -0.25) is 0 Å². The Morgan fingerprint density at radius 1 is 0.403 bits per heavy atom. The lowest BCUT2D eigenvalue weighted by molar-refractivity contribution is 0.00578. The Labute approximate surface area is 392 Å². The third kappa shape index (κ3) is 10.2. The molecule has 8 rings (SSSR count). The molecule has 0 unspecified atom stereocenters. The molecule has 14 heteroatoms. The lowest BCUT2D eigenvalue weighted by atomic mass is 9.49. The molecule has 0 atom stereocenters. The molecule has 0 amide bonds. The number of halogens is 2. The zero-order valence-electron chi connectivity index (χ0n) is 40.5. The Morgan fingerprint density at radius 2 is 0.661 bits per heavy atom. The molecule has 62 heavy (non-hydrogen) atoms. The van der Waals surface area contributed by atoms with Gasteiger partial charge in [-0.1, -0.05) is 73.5 Å². The summed E-state index contributed by atoms with van der Waals surface area (Å²) in [6.45, 7) is 33.0. The fourth-order valence-corrected chi connectivity index (χ4v) is 9.18. The number of hydrogen-bond acceptors (Lipinski definition) is 8. The van der Waals surface area contributed by atoms with Crippen molar-refractivity contribution >= 4 is 71.3 Å². The maximum atomic E-state index is 6.56. The van der Waals surface area contributed by atoms with Gasteiger partial charge in [-0.05, 0) is 208 Å². The van der Waals surface area contributed by atoms with E-state index >= 15 is 0 Å². The van der Waals surface area contributed by atoms with Gasteiger partial charge in [0.15, 0.2) is 0 Å².